The second kappa shape index (κ2) is 6.67. The summed E-state index contributed by atoms with van der Waals surface area (Å²) in [4.78, 5) is 30.8. The molecule has 8 nitrogen and oxygen atoms in total. The van der Waals surface area contributed by atoms with Crippen molar-refractivity contribution >= 4 is 34.3 Å². The molecule has 1 aromatic heterocycles. The molecule has 0 aliphatic rings. The van der Waals surface area contributed by atoms with Gasteiger partial charge in [0.05, 0.1) is 17.3 Å². The fraction of sp³-hybridized carbons (Fsp3) is 0.0714. The Kier molecular flexibility index (Phi) is 4.68. The summed E-state index contributed by atoms with van der Waals surface area (Å²) in [5.41, 5.74) is 6.69. The number of guanidine groups is 1. The van der Waals surface area contributed by atoms with Gasteiger partial charge in [0.15, 0.2) is 0 Å². The highest BCUT2D eigenvalue weighted by molar-refractivity contribution is 7.17. The van der Waals surface area contributed by atoms with Crippen molar-refractivity contribution in [1.82, 2.24) is 10.3 Å². The topological polar surface area (TPSA) is 141 Å². The lowest BCUT2D eigenvalue weighted by molar-refractivity contribution is 0.0701. The molecule has 0 saturated carbocycles. The molecule has 4 N–H and O–H groups in total. The molecular weight excluding hydrogens is 318 g/mol. The van der Waals surface area contributed by atoms with Crippen LogP contribution in [0.25, 0.3) is 0 Å². The Bertz CT molecular complexity index is 833. The first kappa shape index (κ1) is 16.1. The summed E-state index contributed by atoms with van der Waals surface area (Å²) < 4.78 is 0. The molecule has 0 bridgehead atoms. The van der Waals surface area contributed by atoms with E-state index in [4.69, 9.17) is 16.1 Å². The molecule has 0 radical (unpaired) electrons. The Balaban J connectivity index is 2.12. The molecule has 0 saturated heterocycles. The zero-order valence-corrected chi connectivity index (χ0v) is 12.7. The van der Waals surface area contributed by atoms with Crippen LogP contribution in [-0.4, -0.2) is 27.9 Å². The number of carbonyl (C=O) groups excluding carboxylic acids is 1. The van der Waals surface area contributed by atoms with Crippen LogP contribution in [0.4, 0.5) is 5.13 Å². The number of aromatic nitrogens is 1. The number of hydrogen-bond acceptors (Lipinski definition) is 6. The van der Waals surface area contributed by atoms with E-state index in [9.17, 15) is 9.59 Å². The van der Waals surface area contributed by atoms with Gasteiger partial charge in [0.2, 0.25) is 11.1 Å². The van der Waals surface area contributed by atoms with Gasteiger partial charge in [-0.1, -0.05) is 11.3 Å². The summed E-state index contributed by atoms with van der Waals surface area (Å²) in [5, 5.41) is 20.2. The van der Waals surface area contributed by atoms with Gasteiger partial charge in [-0.15, -0.1) is 0 Å². The predicted octanol–water partition coefficient (Wildman–Crippen LogP) is 1.40. The number of aryl methyl sites for hydroxylation is 1. The SMILES string of the molecule is Cc1nc(/N=C(\N)NC(=O)c2ccc(C#N)cc2)sc1C(=O)O. The van der Waals surface area contributed by atoms with Gasteiger partial charge in [-0.25, -0.2) is 9.78 Å². The summed E-state index contributed by atoms with van der Waals surface area (Å²) in [6.45, 7) is 1.55. The number of benzene rings is 1. The number of hydrogen-bond donors (Lipinski definition) is 3. The number of carboxylic acids is 1. The zero-order chi connectivity index (χ0) is 17.0. The van der Waals surface area contributed by atoms with E-state index in [0.29, 0.717) is 16.8 Å². The molecule has 0 atom stereocenters. The van der Waals surface area contributed by atoms with Crippen LogP contribution in [-0.2, 0) is 0 Å². The Morgan fingerprint density at radius 3 is 2.57 bits per heavy atom. The normalized spacial score (nSPS) is 10.9. The first-order valence-electron chi connectivity index (χ1n) is 6.27. The van der Waals surface area contributed by atoms with Crippen molar-refractivity contribution < 1.29 is 14.7 Å². The molecule has 2 rings (SSSR count). The molecule has 9 heteroatoms. The minimum atomic E-state index is -1.10. The van der Waals surface area contributed by atoms with E-state index in [0.717, 1.165) is 11.3 Å². The van der Waals surface area contributed by atoms with Crippen molar-refractivity contribution in [2.24, 2.45) is 10.7 Å². The average Bonchev–Trinajstić information content (AvgIpc) is 2.87. The molecule has 0 unspecified atom stereocenters. The van der Waals surface area contributed by atoms with E-state index in [1.165, 1.54) is 24.3 Å². The van der Waals surface area contributed by atoms with Gasteiger partial charge in [0, 0.05) is 5.56 Å². The van der Waals surface area contributed by atoms with Gasteiger partial charge in [-0.3, -0.25) is 10.1 Å². The van der Waals surface area contributed by atoms with Gasteiger partial charge in [0.25, 0.3) is 5.91 Å². The van der Waals surface area contributed by atoms with Crippen molar-refractivity contribution in [3.63, 3.8) is 0 Å². The van der Waals surface area contributed by atoms with Crippen molar-refractivity contribution in [2.45, 2.75) is 6.92 Å². The number of nitriles is 1. The molecule has 0 aliphatic carbocycles. The quantitative estimate of drug-likeness (QED) is 0.574. The Morgan fingerprint density at radius 2 is 2.04 bits per heavy atom. The maximum atomic E-state index is 12.0. The minimum absolute atomic E-state index is 0.0648. The highest BCUT2D eigenvalue weighted by atomic mass is 32.1. The highest BCUT2D eigenvalue weighted by Crippen LogP contribution is 2.24. The van der Waals surface area contributed by atoms with Crippen LogP contribution in [0.1, 0.15) is 31.3 Å². The fourth-order valence-corrected chi connectivity index (χ4v) is 2.43. The van der Waals surface area contributed by atoms with E-state index in [1.807, 2.05) is 6.07 Å². The van der Waals surface area contributed by atoms with Gasteiger partial charge in [-0.2, -0.15) is 10.3 Å². The van der Waals surface area contributed by atoms with E-state index in [2.05, 4.69) is 15.3 Å². The van der Waals surface area contributed by atoms with Crippen LogP contribution in [0.15, 0.2) is 29.3 Å². The Labute approximate surface area is 134 Å². The monoisotopic (exact) mass is 329 g/mol. The van der Waals surface area contributed by atoms with Gasteiger partial charge in [0.1, 0.15) is 4.88 Å². The second-order valence-corrected chi connectivity index (χ2v) is 5.33. The van der Waals surface area contributed by atoms with Gasteiger partial charge >= 0.3 is 5.97 Å². The third kappa shape index (κ3) is 3.90. The van der Waals surface area contributed by atoms with E-state index < -0.39 is 11.9 Å². The number of thiazole rings is 1. The molecule has 0 spiro atoms. The van der Waals surface area contributed by atoms with Crippen molar-refractivity contribution in [3.05, 3.63) is 46.0 Å². The number of carbonyl (C=O) groups is 2. The first-order valence-corrected chi connectivity index (χ1v) is 7.08. The van der Waals surface area contributed by atoms with Gasteiger partial charge < -0.3 is 10.8 Å². The number of rotatable bonds is 3. The molecule has 1 heterocycles. The van der Waals surface area contributed by atoms with Crippen LogP contribution in [0.5, 0.6) is 0 Å². The molecule has 0 aliphatic heterocycles. The van der Waals surface area contributed by atoms with Crippen LogP contribution in [0.3, 0.4) is 0 Å². The number of aromatic carboxylic acids is 1. The third-order valence-electron chi connectivity index (χ3n) is 2.71. The lowest BCUT2D eigenvalue weighted by Crippen LogP contribution is -2.36. The lowest BCUT2D eigenvalue weighted by atomic mass is 10.1. The summed E-state index contributed by atoms with van der Waals surface area (Å²) in [5.74, 6) is -1.80. The van der Waals surface area contributed by atoms with Gasteiger partial charge in [-0.05, 0) is 31.2 Å². The second-order valence-electron chi connectivity index (χ2n) is 4.36. The van der Waals surface area contributed by atoms with Crippen molar-refractivity contribution in [2.75, 3.05) is 0 Å². The molecule has 2 aromatic rings. The van der Waals surface area contributed by atoms with Crippen LogP contribution < -0.4 is 11.1 Å². The number of nitrogens with two attached hydrogens (primary N) is 1. The Hall–Kier alpha value is -3.25. The van der Waals surface area contributed by atoms with Crippen LogP contribution in [0, 0.1) is 18.3 Å². The molecule has 0 fully saturated rings. The molecule has 1 aromatic carbocycles. The molecule has 116 valence electrons. The van der Waals surface area contributed by atoms with E-state index in [1.54, 1.807) is 6.92 Å². The number of amides is 1. The number of carboxylic acid groups (broad SMARTS) is 1. The van der Waals surface area contributed by atoms with Crippen LogP contribution >= 0.6 is 11.3 Å². The summed E-state index contributed by atoms with van der Waals surface area (Å²) in [6, 6.07) is 7.93. The number of nitrogens with one attached hydrogen (secondary N) is 1. The molecular formula is C14H11N5O3S. The summed E-state index contributed by atoms with van der Waals surface area (Å²) in [7, 11) is 0. The van der Waals surface area contributed by atoms with Crippen molar-refractivity contribution in [1.29, 1.82) is 5.26 Å². The number of nitrogens with zero attached hydrogens (tertiary/aromatic N) is 3. The van der Waals surface area contributed by atoms with Crippen LogP contribution in [0.2, 0.25) is 0 Å². The smallest absolute Gasteiger partial charge is 0.347 e. The van der Waals surface area contributed by atoms with E-state index in [-0.39, 0.29) is 16.0 Å². The first-order chi connectivity index (χ1) is 10.9. The molecule has 1 amide bonds. The maximum absolute atomic E-state index is 12.0. The average molecular weight is 329 g/mol. The van der Waals surface area contributed by atoms with E-state index >= 15 is 0 Å². The largest absolute Gasteiger partial charge is 0.477 e. The zero-order valence-electron chi connectivity index (χ0n) is 11.9. The standard InChI is InChI=1S/C14H11N5O3S/c1-7-10(12(21)22)23-14(17-7)19-13(16)18-11(20)9-4-2-8(6-15)3-5-9/h2-5H,1H3,(H,21,22)(H3,16,17,18,19,20). The van der Waals surface area contributed by atoms with Crippen molar-refractivity contribution in [3.8, 4) is 6.07 Å². The minimum Gasteiger partial charge on any atom is -0.477 e. The Morgan fingerprint density at radius 1 is 1.39 bits per heavy atom. The predicted molar refractivity (Wildman–Crippen MR) is 83.7 cm³/mol. The number of aliphatic imine (C=N–C) groups is 1. The third-order valence-corrected chi connectivity index (χ3v) is 3.75. The summed E-state index contributed by atoms with van der Waals surface area (Å²) in [6.07, 6.45) is 0. The molecule has 23 heavy (non-hydrogen) atoms. The lowest BCUT2D eigenvalue weighted by Gasteiger charge is -2.03. The fourth-order valence-electron chi connectivity index (χ4n) is 1.64. The maximum Gasteiger partial charge on any atom is 0.347 e. The summed E-state index contributed by atoms with van der Waals surface area (Å²) >= 11 is 0.858. The highest BCUT2D eigenvalue weighted by Gasteiger charge is 2.14.